The summed E-state index contributed by atoms with van der Waals surface area (Å²) in [5.74, 6) is -0.351. The summed E-state index contributed by atoms with van der Waals surface area (Å²) in [6.07, 6.45) is 0. The Bertz CT molecular complexity index is 764. The fourth-order valence-corrected chi connectivity index (χ4v) is 3.64. The van der Waals surface area contributed by atoms with E-state index in [4.69, 9.17) is 4.43 Å². The van der Waals surface area contributed by atoms with Gasteiger partial charge in [-0.25, -0.2) is 4.79 Å². The SMILES string of the molecule is CC(C)(C)[Si](C)(C)OC(=O)c1ccccc1SC(=O)c1ccccc1. The summed E-state index contributed by atoms with van der Waals surface area (Å²) >= 11 is 1.06. The van der Waals surface area contributed by atoms with Crippen molar-refractivity contribution in [3.8, 4) is 0 Å². The topological polar surface area (TPSA) is 43.4 Å². The monoisotopic (exact) mass is 372 g/mol. The Hall–Kier alpha value is -1.85. The molecule has 0 radical (unpaired) electrons. The zero-order valence-corrected chi connectivity index (χ0v) is 17.1. The van der Waals surface area contributed by atoms with E-state index in [1.807, 2.05) is 37.4 Å². The molecule has 25 heavy (non-hydrogen) atoms. The number of hydrogen-bond donors (Lipinski definition) is 0. The number of benzene rings is 2. The highest BCUT2D eigenvalue weighted by Gasteiger charge is 2.40. The zero-order valence-electron chi connectivity index (χ0n) is 15.3. The van der Waals surface area contributed by atoms with Crippen molar-refractivity contribution in [2.24, 2.45) is 0 Å². The molecular formula is C20H24O3SSi. The van der Waals surface area contributed by atoms with Crippen LogP contribution in [0.3, 0.4) is 0 Å². The third-order valence-electron chi connectivity index (χ3n) is 4.47. The van der Waals surface area contributed by atoms with Gasteiger partial charge in [0.15, 0.2) is 0 Å². The predicted octanol–water partition coefficient (Wildman–Crippen LogP) is 5.78. The van der Waals surface area contributed by atoms with E-state index >= 15 is 0 Å². The van der Waals surface area contributed by atoms with E-state index in [0.717, 1.165) is 11.8 Å². The van der Waals surface area contributed by atoms with Gasteiger partial charge in [-0.15, -0.1) is 0 Å². The van der Waals surface area contributed by atoms with Gasteiger partial charge in [-0.1, -0.05) is 63.2 Å². The highest BCUT2D eigenvalue weighted by molar-refractivity contribution is 8.14. The molecule has 0 N–H and O–H groups in total. The standard InChI is InChI=1S/C20H24O3SSi/c1-20(2,3)25(4,5)23-18(21)16-13-9-10-14-17(16)24-19(22)15-11-7-6-8-12-15/h6-14H,1-5H3. The Morgan fingerprint density at radius 2 is 1.48 bits per heavy atom. The lowest BCUT2D eigenvalue weighted by Gasteiger charge is -2.35. The number of carbonyl (C=O) groups is 2. The first kappa shape index (κ1) is 19.5. The number of thioether (sulfide) groups is 1. The van der Waals surface area contributed by atoms with Crippen LogP contribution in [0.15, 0.2) is 59.5 Å². The first-order valence-corrected chi connectivity index (χ1v) is 11.9. The summed E-state index contributed by atoms with van der Waals surface area (Å²) in [6.45, 7) is 10.3. The van der Waals surface area contributed by atoms with Gasteiger partial charge in [-0.05, 0) is 42.0 Å². The van der Waals surface area contributed by atoms with Gasteiger partial charge in [0.25, 0.3) is 8.32 Å². The van der Waals surface area contributed by atoms with E-state index in [1.165, 1.54) is 0 Å². The van der Waals surface area contributed by atoms with E-state index in [-0.39, 0.29) is 16.1 Å². The van der Waals surface area contributed by atoms with Crippen LogP contribution in [0.2, 0.25) is 18.1 Å². The van der Waals surface area contributed by atoms with Crippen LogP contribution in [-0.2, 0) is 4.43 Å². The van der Waals surface area contributed by atoms with Crippen LogP contribution in [0.1, 0.15) is 41.5 Å². The molecule has 0 aliphatic heterocycles. The molecule has 0 atom stereocenters. The average Bonchev–Trinajstić information content (AvgIpc) is 2.54. The predicted molar refractivity (Wildman–Crippen MR) is 106 cm³/mol. The van der Waals surface area contributed by atoms with E-state index < -0.39 is 8.32 Å². The average molecular weight is 373 g/mol. The lowest BCUT2D eigenvalue weighted by Crippen LogP contribution is -2.42. The summed E-state index contributed by atoms with van der Waals surface area (Å²) in [5.41, 5.74) is 1.06. The third-order valence-corrected chi connectivity index (χ3v) is 9.78. The molecule has 3 nitrogen and oxygen atoms in total. The molecule has 5 heteroatoms. The highest BCUT2D eigenvalue weighted by Crippen LogP contribution is 2.37. The van der Waals surface area contributed by atoms with Gasteiger partial charge >= 0.3 is 5.97 Å². The molecule has 2 aromatic carbocycles. The molecule has 0 saturated heterocycles. The summed E-state index contributed by atoms with van der Waals surface area (Å²) in [6, 6.07) is 16.2. The summed E-state index contributed by atoms with van der Waals surface area (Å²) < 4.78 is 5.89. The quantitative estimate of drug-likeness (QED) is 0.504. The van der Waals surface area contributed by atoms with Crippen LogP contribution in [0, 0.1) is 0 Å². The molecule has 2 rings (SSSR count). The minimum absolute atomic E-state index is 0.0649. The smallest absolute Gasteiger partial charge is 0.325 e. The molecule has 0 spiro atoms. The van der Waals surface area contributed by atoms with Gasteiger partial charge in [0.05, 0.1) is 5.56 Å². The molecule has 132 valence electrons. The Balaban J connectivity index is 2.23. The number of rotatable bonds is 4. The van der Waals surface area contributed by atoms with Gasteiger partial charge in [0.2, 0.25) is 5.12 Å². The van der Waals surface area contributed by atoms with Crippen molar-refractivity contribution in [3.63, 3.8) is 0 Å². The second kappa shape index (κ2) is 7.58. The van der Waals surface area contributed by atoms with Crippen molar-refractivity contribution in [1.82, 2.24) is 0 Å². The molecule has 2 aromatic rings. The maximum absolute atomic E-state index is 12.7. The van der Waals surface area contributed by atoms with Crippen LogP contribution >= 0.6 is 11.8 Å². The van der Waals surface area contributed by atoms with Gasteiger partial charge in [0, 0.05) is 10.5 Å². The van der Waals surface area contributed by atoms with Crippen molar-refractivity contribution < 1.29 is 14.0 Å². The lowest BCUT2D eigenvalue weighted by molar-refractivity contribution is 0.0709. The van der Waals surface area contributed by atoms with Crippen LogP contribution < -0.4 is 0 Å². The van der Waals surface area contributed by atoms with Gasteiger partial charge in [-0.3, -0.25) is 4.79 Å². The molecule has 0 aromatic heterocycles. The molecule has 0 bridgehead atoms. The van der Waals surface area contributed by atoms with Crippen LogP contribution in [-0.4, -0.2) is 19.4 Å². The minimum atomic E-state index is -2.22. The van der Waals surface area contributed by atoms with Gasteiger partial charge in [-0.2, -0.15) is 0 Å². The van der Waals surface area contributed by atoms with Gasteiger partial charge < -0.3 is 4.43 Å². The molecule has 0 amide bonds. The van der Waals surface area contributed by atoms with Crippen molar-refractivity contribution in [3.05, 3.63) is 65.7 Å². The molecule has 0 fully saturated rings. The molecule has 0 aliphatic carbocycles. The maximum atomic E-state index is 12.7. The van der Waals surface area contributed by atoms with Crippen LogP contribution in [0.25, 0.3) is 0 Å². The summed E-state index contributed by atoms with van der Waals surface area (Å²) in [7, 11) is -2.22. The van der Waals surface area contributed by atoms with Crippen molar-refractivity contribution in [2.75, 3.05) is 0 Å². The summed E-state index contributed by atoms with van der Waals surface area (Å²) in [5, 5.41) is -0.155. The van der Waals surface area contributed by atoms with Crippen LogP contribution in [0.5, 0.6) is 0 Å². The first-order valence-electron chi connectivity index (χ1n) is 8.21. The number of carbonyl (C=O) groups excluding carboxylic acids is 2. The van der Waals surface area contributed by atoms with E-state index in [2.05, 4.69) is 20.8 Å². The van der Waals surface area contributed by atoms with E-state index in [1.54, 1.807) is 30.3 Å². The molecule has 0 heterocycles. The van der Waals surface area contributed by atoms with Gasteiger partial charge in [0.1, 0.15) is 0 Å². The minimum Gasteiger partial charge on any atom is -0.516 e. The molecule has 0 aliphatic rings. The fourth-order valence-electron chi connectivity index (χ4n) is 1.90. The normalized spacial score (nSPS) is 11.9. The maximum Gasteiger partial charge on any atom is 0.325 e. The number of hydrogen-bond acceptors (Lipinski definition) is 4. The Morgan fingerprint density at radius 3 is 2.08 bits per heavy atom. The molecular weight excluding hydrogens is 348 g/mol. The third kappa shape index (κ3) is 4.83. The highest BCUT2D eigenvalue weighted by atomic mass is 32.2. The van der Waals surface area contributed by atoms with E-state index in [0.29, 0.717) is 16.0 Å². The Labute approximate surface area is 154 Å². The second-order valence-corrected chi connectivity index (χ2v) is 13.1. The van der Waals surface area contributed by atoms with Crippen LogP contribution in [0.4, 0.5) is 0 Å². The Morgan fingerprint density at radius 1 is 0.920 bits per heavy atom. The van der Waals surface area contributed by atoms with Crippen molar-refractivity contribution >= 4 is 31.2 Å². The zero-order chi connectivity index (χ0) is 18.7. The Kier molecular flexibility index (Phi) is 5.90. The largest absolute Gasteiger partial charge is 0.516 e. The molecule has 0 saturated carbocycles. The van der Waals surface area contributed by atoms with E-state index in [9.17, 15) is 9.59 Å². The second-order valence-electron chi connectivity index (χ2n) is 7.40. The lowest BCUT2D eigenvalue weighted by atomic mass is 10.2. The molecule has 0 unspecified atom stereocenters. The first-order chi connectivity index (χ1) is 11.6. The fraction of sp³-hybridized carbons (Fsp3) is 0.300. The summed E-state index contributed by atoms with van der Waals surface area (Å²) in [4.78, 5) is 25.8. The van der Waals surface area contributed by atoms with Crippen molar-refractivity contribution in [2.45, 2.75) is 43.8 Å². The van der Waals surface area contributed by atoms with Crippen molar-refractivity contribution in [1.29, 1.82) is 0 Å².